The number of rotatable bonds is 15. The lowest BCUT2D eigenvalue weighted by molar-refractivity contribution is -0.140. The smallest absolute Gasteiger partial charge is 0.242 e. The first kappa shape index (κ1) is 30.0. The van der Waals surface area contributed by atoms with Crippen LogP contribution in [0.25, 0.3) is 0 Å². The number of hydrogen-bond acceptors (Lipinski definition) is 6. The fourth-order valence-corrected chi connectivity index (χ4v) is 4.81. The minimum Gasteiger partial charge on any atom is -0.497 e. The first-order valence-electron chi connectivity index (χ1n) is 12.4. The van der Waals surface area contributed by atoms with Crippen LogP contribution >= 0.6 is 0 Å². The summed E-state index contributed by atoms with van der Waals surface area (Å²) in [4.78, 5) is 27.7. The van der Waals surface area contributed by atoms with Crippen molar-refractivity contribution in [1.29, 1.82) is 0 Å². The summed E-state index contributed by atoms with van der Waals surface area (Å²) in [6, 6.07) is 13.4. The van der Waals surface area contributed by atoms with Gasteiger partial charge in [-0.05, 0) is 49.6 Å². The van der Waals surface area contributed by atoms with Crippen molar-refractivity contribution in [2.75, 3.05) is 37.9 Å². The van der Waals surface area contributed by atoms with E-state index < -0.39 is 16.1 Å². The molecule has 0 radical (unpaired) electrons. The van der Waals surface area contributed by atoms with Gasteiger partial charge in [-0.25, -0.2) is 8.42 Å². The Bertz CT molecular complexity index is 1140. The van der Waals surface area contributed by atoms with Crippen LogP contribution in [0.5, 0.6) is 11.5 Å². The first-order valence-corrected chi connectivity index (χ1v) is 14.3. The van der Waals surface area contributed by atoms with E-state index in [-0.39, 0.29) is 37.7 Å². The van der Waals surface area contributed by atoms with E-state index in [1.807, 2.05) is 31.2 Å². The van der Waals surface area contributed by atoms with E-state index in [0.717, 1.165) is 24.7 Å². The van der Waals surface area contributed by atoms with Gasteiger partial charge >= 0.3 is 0 Å². The number of amides is 2. The molecule has 0 heterocycles. The molecular formula is C27H39N3O6S. The molecule has 1 atom stereocenters. The molecule has 0 aliphatic rings. The lowest BCUT2D eigenvalue weighted by Crippen LogP contribution is -2.48. The highest BCUT2D eigenvalue weighted by atomic mass is 32.2. The predicted molar refractivity (Wildman–Crippen MR) is 145 cm³/mol. The molecule has 0 unspecified atom stereocenters. The van der Waals surface area contributed by atoms with E-state index in [2.05, 4.69) is 5.32 Å². The normalized spacial score (nSPS) is 11.9. The number of benzene rings is 2. The molecule has 0 aliphatic heterocycles. The quantitative estimate of drug-likeness (QED) is 0.351. The second-order valence-corrected chi connectivity index (χ2v) is 10.7. The molecule has 0 bridgehead atoms. The first-order chi connectivity index (χ1) is 17.6. The molecule has 204 valence electrons. The highest BCUT2D eigenvalue weighted by Gasteiger charge is 2.26. The van der Waals surface area contributed by atoms with Gasteiger partial charge in [0.2, 0.25) is 21.8 Å². The lowest BCUT2D eigenvalue weighted by atomic mass is 10.1. The van der Waals surface area contributed by atoms with Gasteiger partial charge < -0.3 is 19.7 Å². The van der Waals surface area contributed by atoms with E-state index in [1.54, 1.807) is 38.3 Å². The number of carbonyl (C=O) groups is 2. The summed E-state index contributed by atoms with van der Waals surface area (Å²) in [6.45, 7) is 4.63. The largest absolute Gasteiger partial charge is 0.497 e. The van der Waals surface area contributed by atoms with Crippen molar-refractivity contribution in [3.8, 4) is 11.5 Å². The molecule has 0 spiro atoms. The van der Waals surface area contributed by atoms with Crippen LogP contribution in [0.2, 0.25) is 0 Å². The van der Waals surface area contributed by atoms with Crippen molar-refractivity contribution >= 4 is 27.5 Å². The van der Waals surface area contributed by atoms with E-state index in [4.69, 9.17) is 9.47 Å². The van der Waals surface area contributed by atoms with E-state index >= 15 is 0 Å². The molecule has 2 aromatic rings. The Kier molecular flexibility index (Phi) is 11.7. The summed E-state index contributed by atoms with van der Waals surface area (Å²) in [5.74, 6) is 0.737. The van der Waals surface area contributed by atoms with Crippen LogP contribution in [0.1, 0.15) is 45.1 Å². The van der Waals surface area contributed by atoms with Gasteiger partial charge in [0.1, 0.15) is 17.5 Å². The Balaban J connectivity index is 2.18. The molecular weight excluding hydrogens is 494 g/mol. The molecule has 10 heteroatoms. The van der Waals surface area contributed by atoms with E-state index in [0.29, 0.717) is 23.7 Å². The van der Waals surface area contributed by atoms with Crippen LogP contribution in [0.3, 0.4) is 0 Å². The van der Waals surface area contributed by atoms with Gasteiger partial charge in [0.15, 0.2) is 0 Å². The maximum absolute atomic E-state index is 13.4. The number of nitrogens with zero attached hydrogens (tertiary/aromatic N) is 2. The third kappa shape index (κ3) is 9.27. The number of nitrogens with one attached hydrogen (secondary N) is 1. The average Bonchev–Trinajstić information content (AvgIpc) is 2.88. The molecule has 2 amide bonds. The monoisotopic (exact) mass is 533 g/mol. The molecule has 2 rings (SSSR count). The summed E-state index contributed by atoms with van der Waals surface area (Å²) < 4.78 is 36.8. The molecule has 0 aromatic heterocycles. The Morgan fingerprint density at radius 2 is 1.65 bits per heavy atom. The number of unbranched alkanes of at least 4 members (excludes halogenated alkanes) is 1. The molecule has 1 N–H and O–H groups in total. The van der Waals surface area contributed by atoms with Crippen LogP contribution in [-0.2, 0) is 26.2 Å². The Hall–Kier alpha value is -3.27. The number of hydrogen-bond donors (Lipinski definition) is 1. The van der Waals surface area contributed by atoms with Crippen molar-refractivity contribution in [2.45, 2.75) is 52.1 Å². The summed E-state index contributed by atoms with van der Waals surface area (Å²) in [5, 5.41) is 2.90. The van der Waals surface area contributed by atoms with Gasteiger partial charge in [-0.15, -0.1) is 0 Å². The summed E-state index contributed by atoms with van der Waals surface area (Å²) in [7, 11) is -0.501. The Morgan fingerprint density at radius 1 is 1.00 bits per heavy atom. The third-order valence-corrected chi connectivity index (χ3v) is 7.17. The molecule has 0 fully saturated rings. The van der Waals surface area contributed by atoms with Gasteiger partial charge in [0.05, 0.1) is 26.2 Å². The number of sulfonamides is 1. The van der Waals surface area contributed by atoms with Crippen molar-refractivity contribution < 1.29 is 27.5 Å². The fraction of sp³-hybridized carbons (Fsp3) is 0.481. The van der Waals surface area contributed by atoms with Crippen LogP contribution in [0, 0.1) is 0 Å². The van der Waals surface area contributed by atoms with E-state index in [1.165, 1.54) is 16.3 Å². The maximum Gasteiger partial charge on any atom is 0.242 e. The highest BCUT2D eigenvalue weighted by Crippen LogP contribution is 2.24. The van der Waals surface area contributed by atoms with Crippen molar-refractivity contribution in [3.63, 3.8) is 0 Å². The topological polar surface area (TPSA) is 105 Å². The lowest BCUT2D eigenvalue weighted by Gasteiger charge is -2.29. The predicted octanol–water partition coefficient (Wildman–Crippen LogP) is 3.58. The number of carbonyl (C=O) groups excluding carboxylic acids is 2. The second kappa shape index (κ2) is 14.5. The second-order valence-electron chi connectivity index (χ2n) is 8.83. The van der Waals surface area contributed by atoms with Crippen LogP contribution in [-0.4, -0.2) is 64.7 Å². The van der Waals surface area contributed by atoms with Crippen molar-refractivity contribution in [3.05, 3.63) is 54.1 Å². The number of ether oxygens (including phenoxy) is 2. The van der Waals surface area contributed by atoms with Crippen molar-refractivity contribution in [1.82, 2.24) is 10.2 Å². The van der Waals surface area contributed by atoms with Gasteiger partial charge in [0, 0.05) is 32.1 Å². The third-order valence-electron chi connectivity index (χ3n) is 5.98. The minimum atomic E-state index is -3.59. The molecule has 2 aromatic carbocycles. The zero-order valence-electron chi connectivity index (χ0n) is 22.4. The molecule has 0 aliphatic carbocycles. The SMILES string of the molecule is CCCCNC(=O)[C@@H](C)N(Cc1cccc(OC)c1)C(=O)CCCN(c1cccc(OC)c1)S(C)(=O)=O. The van der Waals surface area contributed by atoms with Crippen LogP contribution in [0.4, 0.5) is 5.69 Å². The fourth-order valence-electron chi connectivity index (χ4n) is 3.86. The van der Waals surface area contributed by atoms with Gasteiger partial charge in [-0.2, -0.15) is 0 Å². The standard InChI is InChI=1S/C27H39N3O6S/c1-6-7-16-28-27(32)21(2)29(20-22-11-8-13-24(18-22)35-3)26(31)15-10-17-30(37(5,33)34)23-12-9-14-25(19-23)36-4/h8-9,11-14,18-19,21H,6-7,10,15-17,20H2,1-5H3,(H,28,32)/t21-/m1/s1. The highest BCUT2D eigenvalue weighted by molar-refractivity contribution is 7.92. The Morgan fingerprint density at radius 3 is 2.27 bits per heavy atom. The van der Waals surface area contributed by atoms with Crippen LogP contribution < -0.4 is 19.1 Å². The molecule has 37 heavy (non-hydrogen) atoms. The van der Waals surface area contributed by atoms with Crippen LogP contribution in [0.15, 0.2) is 48.5 Å². The van der Waals surface area contributed by atoms with Gasteiger partial charge in [-0.3, -0.25) is 13.9 Å². The van der Waals surface area contributed by atoms with Gasteiger partial charge in [0.25, 0.3) is 0 Å². The van der Waals surface area contributed by atoms with E-state index in [9.17, 15) is 18.0 Å². The zero-order chi connectivity index (χ0) is 27.4. The zero-order valence-corrected chi connectivity index (χ0v) is 23.2. The van der Waals surface area contributed by atoms with Crippen molar-refractivity contribution in [2.24, 2.45) is 0 Å². The maximum atomic E-state index is 13.4. The Labute approximate surface area is 220 Å². The summed E-state index contributed by atoms with van der Waals surface area (Å²) in [6.07, 6.45) is 3.29. The summed E-state index contributed by atoms with van der Waals surface area (Å²) in [5.41, 5.74) is 1.29. The van der Waals surface area contributed by atoms with Gasteiger partial charge in [-0.1, -0.05) is 31.5 Å². The molecule has 0 saturated carbocycles. The number of anilines is 1. The number of methoxy groups -OCH3 is 2. The summed E-state index contributed by atoms with van der Waals surface area (Å²) >= 11 is 0. The molecule has 0 saturated heterocycles. The minimum absolute atomic E-state index is 0.0759. The average molecular weight is 534 g/mol. The molecule has 9 nitrogen and oxygen atoms in total.